The lowest BCUT2D eigenvalue weighted by Gasteiger charge is -2.12. The molecule has 0 aliphatic rings. The Kier molecular flexibility index (Phi) is 4.99. The Morgan fingerprint density at radius 1 is 1.42 bits per heavy atom. The van der Waals surface area contributed by atoms with Crippen molar-refractivity contribution in [2.75, 3.05) is 0 Å². The number of carbonyl (C=O) groups excluding carboxylic acids is 1. The van der Waals surface area contributed by atoms with Crippen molar-refractivity contribution in [3.63, 3.8) is 0 Å². The number of para-hydroxylation sites is 1. The topological polar surface area (TPSA) is 107 Å². The molecule has 1 unspecified atom stereocenters. The van der Waals surface area contributed by atoms with E-state index in [1.165, 1.54) is 12.1 Å². The zero-order valence-corrected chi connectivity index (χ0v) is 10.2. The fourth-order valence-electron chi connectivity index (χ4n) is 1.62. The Morgan fingerprint density at radius 3 is 2.58 bits per heavy atom. The molecule has 7 nitrogen and oxygen atoms in total. The second-order valence-corrected chi connectivity index (χ2v) is 3.86. The van der Waals surface area contributed by atoms with Crippen LogP contribution in [-0.2, 0) is 20.7 Å². The van der Waals surface area contributed by atoms with Gasteiger partial charge in [0.15, 0.2) is 6.10 Å². The van der Waals surface area contributed by atoms with Gasteiger partial charge < -0.3 is 9.84 Å². The third-order valence-electron chi connectivity index (χ3n) is 2.45. The van der Waals surface area contributed by atoms with Crippen LogP contribution in [0.15, 0.2) is 24.3 Å². The molecule has 7 heteroatoms. The van der Waals surface area contributed by atoms with Crippen molar-refractivity contribution in [1.29, 1.82) is 0 Å². The van der Waals surface area contributed by atoms with Crippen LogP contribution in [0.1, 0.15) is 18.9 Å². The van der Waals surface area contributed by atoms with Crippen LogP contribution in [0.25, 0.3) is 0 Å². The molecule has 1 aromatic carbocycles. The SMILES string of the molecule is CC(=O)OC(CCc1ccccc1[N+](=O)[O-])C(=O)O. The standard InChI is InChI=1S/C12H13NO6/c1-8(14)19-11(12(15)16)7-6-9-4-2-3-5-10(9)13(17)18/h2-5,11H,6-7H2,1H3,(H,15,16). The number of ether oxygens (including phenoxy) is 1. The predicted molar refractivity (Wildman–Crippen MR) is 64.6 cm³/mol. The zero-order valence-electron chi connectivity index (χ0n) is 10.2. The molecular formula is C12H13NO6. The van der Waals surface area contributed by atoms with Gasteiger partial charge in [-0.3, -0.25) is 14.9 Å². The molecule has 19 heavy (non-hydrogen) atoms. The van der Waals surface area contributed by atoms with E-state index in [0.29, 0.717) is 5.56 Å². The molecule has 0 heterocycles. The van der Waals surface area contributed by atoms with Crippen molar-refractivity contribution in [2.24, 2.45) is 0 Å². The van der Waals surface area contributed by atoms with Crippen molar-refractivity contribution in [3.8, 4) is 0 Å². The zero-order chi connectivity index (χ0) is 14.4. The van der Waals surface area contributed by atoms with Gasteiger partial charge in [0.05, 0.1) is 4.92 Å². The Balaban J connectivity index is 2.77. The predicted octanol–water partition coefficient (Wildman–Crippen LogP) is 1.54. The lowest BCUT2D eigenvalue weighted by Crippen LogP contribution is -2.26. The van der Waals surface area contributed by atoms with E-state index in [0.717, 1.165) is 6.92 Å². The van der Waals surface area contributed by atoms with Gasteiger partial charge in [0.2, 0.25) is 0 Å². The molecule has 0 fully saturated rings. The summed E-state index contributed by atoms with van der Waals surface area (Å²) in [7, 11) is 0. The number of benzene rings is 1. The summed E-state index contributed by atoms with van der Waals surface area (Å²) >= 11 is 0. The van der Waals surface area contributed by atoms with E-state index < -0.39 is 23.0 Å². The molecule has 0 saturated heterocycles. The third kappa shape index (κ3) is 4.38. The van der Waals surface area contributed by atoms with Crippen molar-refractivity contribution < 1.29 is 24.4 Å². The molecule has 0 spiro atoms. The fraction of sp³-hybridized carbons (Fsp3) is 0.333. The summed E-state index contributed by atoms with van der Waals surface area (Å²) in [6.07, 6.45) is -1.17. The van der Waals surface area contributed by atoms with E-state index in [-0.39, 0.29) is 18.5 Å². The molecule has 0 aliphatic carbocycles. The second-order valence-electron chi connectivity index (χ2n) is 3.86. The number of rotatable bonds is 6. The van der Waals surface area contributed by atoms with E-state index >= 15 is 0 Å². The Labute approximate surface area is 109 Å². The number of aryl methyl sites for hydroxylation is 1. The highest BCUT2D eigenvalue weighted by atomic mass is 16.6. The number of carbonyl (C=O) groups is 2. The molecular weight excluding hydrogens is 254 g/mol. The molecule has 0 aliphatic heterocycles. The number of hydrogen-bond acceptors (Lipinski definition) is 5. The van der Waals surface area contributed by atoms with Gasteiger partial charge in [-0.2, -0.15) is 0 Å². The summed E-state index contributed by atoms with van der Waals surface area (Å²) in [6.45, 7) is 1.11. The van der Waals surface area contributed by atoms with Gasteiger partial charge in [-0.25, -0.2) is 4.79 Å². The van der Waals surface area contributed by atoms with Crippen LogP contribution in [0.5, 0.6) is 0 Å². The van der Waals surface area contributed by atoms with Gasteiger partial charge >= 0.3 is 11.9 Å². The van der Waals surface area contributed by atoms with Gasteiger partial charge in [-0.15, -0.1) is 0 Å². The minimum atomic E-state index is -1.29. The van der Waals surface area contributed by atoms with Crippen LogP contribution >= 0.6 is 0 Å². The van der Waals surface area contributed by atoms with Crippen LogP contribution in [0, 0.1) is 10.1 Å². The average Bonchev–Trinajstić information content (AvgIpc) is 2.34. The first kappa shape index (κ1) is 14.6. The van der Waals surface area contributed by atoms with Gasteiger partial charge in [-0.05, 0) is 12.8 Å². The minimum absolute atomic E-state index is 0.0141. The van der Waals surface area contributed by atoms with E-state index in [4.69, 9.17) is 5.11 Å². The number of carboxylic acids is 1. The smallest absolute Gasteiger partial charge is 0.345 e. The van der Waals surface area contributed by atoms with Crippen molar-refractivity contribution in [1.82, 2.24) is 0 Å². The van der Waals surface area contributed by atoms with Gasteiger partial charge in [0.25, 0.3) is 5.69 Å². The number of esters is 1. The van der Waals surface area contributed by atoms with Crippen LogP contribution in [-0.4, -0.2) is 28.1 Å². The lowest BCUT2D eigenvalue weighted by molar-refractivity contribution is -0.385. The summed E-state index contributed by atoms with van der Waals surface area (Å²) in [5.74, 6) is -1.97. The Hall–Kier alpha value is -2.44. The number of carboxylic acid groups (broad SMARTS) is 1. The molecule has 1 rings (SSSR count). The van der Waals surface area contributed by atoms with E-state index in [2.05, 4.69) is 4.74 Å². The average molecular weight is 267 g/mol. The van der Waals surface area contributed by atoms with E-state index in [1.807, 2.05) is 0 Å². The van der Waals surface area contributed by atoms with Gasteiger partial charge in [0, 0.05) is 18.6 Å². The number of nitro groups is 1. The van der Waals surface area contributed by atoms with Crippen molar-refractivity contribution >= 4 is 17.6 Å². The largest absolute Gasteiger partial charge is 0.479 e. The van der Waals surface area contributed by atoms with Crippen LogP contribution < -0.4 is 0 Å². The maximum atomic E-state index is 10.9. The monoisotopic (exact) mass is 267 g/mol. The molecule has 102 valence electrons. The van der Waals surface area contributed by atoms with Crippen molar-refractivity contribution in [3.05, 3.63) is 39.9 Å². The Morgan fingerprint density at radius 2 is 2.05 bits per heavy atom. The number of nitrogens with zero attached hydrogens (tertiary/aromatic N) is 1. The highest BCUT2D eigenvalue weighted by Crippen LogP contribution is 2.20. The second kappa shape index (κ2) is 6.48. The highest BCUT2D eigenvalue weighted by Gasteiger charge is 2.22. The maximum Gasteiger partial charge on any atom is 0.345 e. The van der Waals surface area contributed by atoms with Crippen LogP contribution in [0.4, 0.5) is 5.69 Å². The summed E-state index contributed by atoms with van der Waals surface area (Å²) in [5, 5.41) is 19.6. The molecule has 0 radical (unpaired) electrons. The molecule has 0 saturated carbocycles. The minimum Gasteiger partial charge on any atom is -0.479 e. The normalized spacial score (nSPS) is 11.6. The lowest BCUT2D eigenvalue weighted by atomic mass is 10.0. The first-order chi connectivity index (χ1) is 8.91. The van der Waals surface area contributed by atoms with Gasteiger partial charge in [-0.1, -0.05) is 18.2 Å². The molecule has 0 aromatic heterocycles. The first-order valence-electron chi connectivity index (χ1n) is 5.54. The summed E-state index contributed by atoms with van der Waals surface area (Å²) < 4.78 is 4.63. The summed E-state index contributed by atoms with van der Waals surface area (Å²) in [4.78, 5) is 31.9. The number of nitro benzene ring substituents is 1. The number of hydrogen-bond donors (Lipinski definition) is 1. The summed E-state index contributed by atoms with van der Waals surface area (Å²) in [6, 6.07) is 6.05. The van der Waals surface area contributed by atoms with Crippen molar-refractivity contribution in [2.45, 2.75) is 25.9 Å². The fourth-order valence-corrected chi connectivity index (χ4v) is 1.62. The first-order valence-corrected chi connectivity index (χ1v) is 5.54. The van der Waals surface area contributed by atoms with Crippen LogP contribution in [0.3, 0.4) is 0 Å². The van der Waals surface area contributed by atoms with Gasteiger partial charge in [0.1, 0.15) is 0 Å². The van der Waals surface area contributed by atoms with E-state index in [9.17, 15) is 19.7 Å². The molecule has 1 aromatic rings. The highest BCUT2D eigenvalue weighted by molar-refractivity contribution is 5.76. The molecule has 1 atom stereocenters. The third-order valence-corrected chi connectivity index (χ3v) is 2.45. The molecule has 1 N–H and O–H groups in total. The molecule has 0 amide bonds. The number of aliphatic carboxylic acids is 1. The quantitative estimate of drug-likeness (QED) is 0.476. The maximum absolute atomic E-state index is 10.9. The van der Waals surface area contributed by atoms with E-state index in [1.54, 1.807) is 12.1 Å². The van der Waals surface area contributed by atoms with Crippen LogP contribution in [0.2, 0.25) is 0 Å². The molecule has 0 bridgehead atoms. The Bertz CT molecular complexity index is 499. The summed E-state index contributed by atoms with van der Waals surface area (Å²) in [5.41, 5.74) is 0.334.